The van der Waals surface area contributed by atoms with E-state index in [-0.39, 0.29) is 33.4 Å². The van der Waals surface area contributed by atoms with Crippen molar-refractivity contribution >= 4 is 40.9 Å². The highest BCUT2D eigenvalue weighted by molar-refractivity contribution is 6.44. The van der Waals surface area contributed by atoms with Gasteiger partial charge in [-0.3, -0.25) is 4.79 Å². The molecule has 172 valence electrons. The molecule has 0 spiro atoms. The van der Waals surface area contributed by atoms with Crippen molar-refractivity contribution in [3.8, 4) is 11.1 Å². The number of benzene rings is 1. The van der Waals surface area contributed by atoms with Crippen LogP contribution in [0.3, 0.4) is 0 Å². The summed E-state index contributed by atoms with van der Waals surface area (Å²) in [6, 6.07) is 5.17. The molecule has 7 nitrogen and oxygen atoms in total. The number of rotatable bonds is 3. The lowest BCUT2D eigenvalue weighted by atomic mass is 9.60. The summed E-state index contributed by atoms with van der Waals surface area (Å²) < 4.78 is 0. The smallest absolute Gasteiger partial charge is 0.268 e. The molecule has 1 saturated heterocycles. The first kappa shape index (κ1) is 23.1. The number of carbonyl (C=O) groups is 1. The Kier molecular flexibility index (Phi) is 6.03. The molecule has 9 heteroatoms. The van der Waals surface area contributed by atoms with E-state index in [2.05, 4.69) is 28.7 Å². The van der Waals surface area contributed by atoms with Crippen molar-refractivity contribution in [2.45, 2.75) is 52.0 Å². The number of hydrogen-bond donors (Lipinski definition) is 3. The van der Waals surface area contributed by atoms with E-state index in [4.69, 9.17) is 40.4 Å². The first-order valence-electron chi connectivity index (χ1n) is 11.0. The minimum Gasteiger partial charge on any atom is -0.383 e. The molecule has 2 fully saturated rings. The largest absolute Gasteiger partial charge is 0.383 e. The van der Waals surface area contributed by atoms with Crippen LogP contribution in [0.5, 0.6) is 0 Å². The first-order valence-corrected chi connectivity index (χ1v) is 11.7. The summed E-state index contributed by atoms with van der Waals surface area (Å²) >= 11 is 12.6. The van der Waals surface area contributed by atoms with Crippen LogP contribution in [0, 0.1) is 10.8 Å². The minimum atomic E-state index is -0.702. The normalized spacial score (nSPS) is 28.2. The molecule has 2 aliphatic rings. The van der Waals surface area contributed by atoms with Gasteiger partial charge < -0.3 is 22.1 Å². The Balaban J connectivity index is 1.81. The fourth-order valence-electron chi connectivity index (χ4n) is 5.56. The molecule has 0 unspecified atom stereocenters. The number of nitrogens with two attached hydrogens (primary N) is 3. The van der Waals surface area contributed by atoms with Crippen molar-refractivity contribution in [3.05, 3.63) is 33.9 Å². The van der Waals surface area contributed by atoms with Gasteiger partial charge in [-0.1, -0.05) is 68.4 Å². The predicted octanol–water partition coefficient (Wildman–Crippen LogP) is 4.26. The first-order chi connectivity index (χ1) is 15.1. The van der Waals surface area contributed by atoms with Crippen LogP contribution < -0.4 is 22.1 Å². The zero-order chi connectivity index (χ0) is 23.3. The maximum Gasteiger partial charge on any atom is 0.268 e. The standard InChI is InChI=1S/C23H30Cl2N6O/c1-22-9-4-3-5-10-23(2,20(22)28)12-31(11-22)21-29-17(19(27)32)15(18(26)30-21)13-7-6-8-14(24)16(13)25/h6-8,20H,3-5,9-12,28H2,1-2H3,(H2,27,32)(H2,26,29,30)/t20-,22+,23-. The van der Waals surface area contributed by atoms with Crippen LogP contribution in [0.2, 0.25) is 10.0 Å². The Labute approximate surface area is 198 Å². The van der Waals surface area contributed by atoms with Gasteiger partial charge in [-0.05, 0) is 18.9 Å². The second-order valence-corrected chi connectivity index (χ2v) is 10.6. The van der Waals surface area contributed by atoms with Crippen LogP contribution in [-0.2, 0) is 0 Å². The van der Waals surface area contributed by atoms with E-state index in [1.54, 1.807) is 18.2 Å². The topological polar surface area (TPSA) is 124 Å². The number of nitrogen functional groups attached to an aromatic ring is 1. The van der Waals surface area contributed by atoms with Gasteiger partial charge in [-0.25, -0.2) is 4.98 Å². The van der Waals surface area contributed by atoms with Gasteiger partial charge in [0.05, 0.1) is 15.6 Å². The molecule has 1 aromatic heterocycles. The highest BCUT2D eigenvalue weighted by Crippen LogP contribution is 2.48. The van der Waals surface area contributed by atoms with Crippen molar-refractivity contribution in [2.24, 2.45) is 22.3 Å². The van der Waals surface area contributed by atoms with E-state index in [0.717, 1.165) is 25.7 Å². The van der Waals surface area contributed by atoms with Crippen LogP contribution >= 0.6 is 23.2 Å². The van der Waals surface area contributed by atoms with E-state index in [9.17, 15) is 4.79 Å². The fourth-order valence-corrected chi connectivity index (χ4v) is 5.95. The molecule has 4 rings (SSSR count). The molecule has 3 atom stereocenters. The molecular weight excluding hydrogens is 447 g/mol. The number of piperidine rings is 1. The maximum absolute atomic E-state index is 12.4. The second kappa shape index (κ2) is 8.36. The fraction of sp³-hybridized carbons (Fsp3) is 0.522. The molecule has 6 N–H and O–H groups in total. The number of nitrogens with zero attached hydrogens (tertiary/aromatic N) is 3. The zero-order valence-electron chi connectivity index (χ0n) is 18.5. The molecule has 1 amide bonds. The van der Waals surface area contributed by atoms with Gasteiger partial charge in [0.25, 0.3) is 5.91 Å². The van der Waals surface area contributed by atoms with Crippen molar-refractivity contribution in [1.29, 1.82) is 0 Å². The molecule has 2 bridgehead atoms. The third-order valence-electron chi connectivity index (χ3n) is 7.26. The molecule has 1 aliphatic heterocycles. The van der Waals surface area contributed by atoms with Crippen LogP contribution in [0.15, 0.2) is 18.2 Å². The van der Waals surface area contributed by atoms with E-state index in [0.29, 0.717) is 35.2 Å². The van der Waals surface area contributed by atoms with Gasteiger partial charge in [-0.15, -0.1) is 0 Å². The van der Waals surface area contributed by atoms with Gasteiger partial charge >= 0.3 is 0 Å². The van der Waals surface area contributed by atoms with E-state index < -0.39 is 5.91 Å². The summed E-state index contributed by atoms with van der Waals surface area (Å²) in [5, 5.41) is 0.611. The van der Waals surface area contributed by atoms with Crippen molar-refractivity contribution in [3.63, 3.8) is 0 Å². The lowest BCUT2D eigenvalue weighted by Crippen LogP contribution is -2.64. The molecule has 1 aliphatic carbocycles. The molecule has 2 heterocycles. The van der Waals surface area contributed by atoms with Crippen LogP contribution in [-0.4, -0.2) is 35.0 Å². The van der Waals surface area contributed by atoms with Crippen LogP contribution in [0.1, 0.15) is 56.4 Å². The number of hydrogen-bond acceptors (Lipinski definition) is 6. The SMILES string of the molecule is C[C@]12CCCCC[C@](C)(CN(c3nc(N)c(-c4cccc(Cl)c4Cl)c(C(N)=O)n3)C1)[C@@H]2N. The van der Waals surface area contributed by atoms with Crippen LogP contribution in [0.25, 0.3) is 11.1 Å². The number of aromatic nitrogens is 2. The summed E-state index contributed by atoms with van der Waals surface area (Å²) in [5.74, 6) is -0.173. The molecular formula is C23H30Cl2N6O. The zero-order valence-corrected chi connectivity index (χ0v) is 20.0. The third kappa shape index (κ3) is 3.91. The third-order valence-corrected chi connectivity index (χ3v) is 8.08. The molecule has 2 aromatic rings. The monoisotopic (exact) mass is 476 g/mol. The van der Waals surface area contributed by atoms with E-state index in [1.807, 2.05) is 0 Å². The number of amides is 1. The second-order valence-electron chi connectivity index (χ2n) is 9.80. The van der Waals surface area contributed by atoms with Gasteiger partial charge in [0.2, 0.25) is 5.95 Å². The lowest BCUT2D eigenvalue weighted by molar-refractivity contribution is 0.0544. The van der Waals surface area contributed by atoms with Gasteiger partial charge in [-0.2, -0.15) is 4.98 Å². The number of fused-ring (bicyclic) bond motifs is 2. The van der Waals surface area contributed by atoms with E-state index >= 15 is 0 Å². The Bertz CT molecular complexity index is 1040. The van der Waals surface area contributed by atoms with Crippen LogP contribution in [0.4, 0.5) is 11.8 Å². The Morgan fingerprint density at radius 1 is 1.09 bits per heavy atom. The summed E-state index contributed by atoms with van der Waals surface area (Å²) in [6.07, 6.45) is 5.59. The van der Waals surface area contributed by atoms with E-state index in [1.165, 1.54) is 6.42 Å². The average molecular weight is 477 g/mol. The minimum absolute atomic E-state index is 0.0297. The number of primary amides is 1. The molecule has 1 saturated carbocycles. The number of carbonyl (C=O) groups excluding carboxylic acids is 1. The summed E-state index contributed by atoms with van der Waals surface area (Å²) in [7, 11) is 0. The maximum atomic E-state index is 12.4. The summed E-state index contributed by atoms with van der Waals surface area (Å²) in [5.41, 5.74) is 19.5. The Morgan fingerprint density at radius 2 is 1.72 bits per heavy atom. The van der Waals surface area contributed by atoms with Gasteiger partial charge in [0.15, 0.2) is 0 Å². The van der Waals surface area contributed by atoms with Gasteiger partial charge in [0, 0.05) is 35.5 Å². The summed E-state index contributed by atoms with van der Waals surface area (Å²) in [4.78, 5) is 23.7. The highest BCUT2D eigenvalue weighted by atomic mass is 35.5. The molecule has 32 heavy (non-hydrogen) atoms. The predicted molar refractivity (Wildman–Crippen MR) is 130 cm³/mol. The number of anilines is 2. The lowest BCUT2D eigenvalue weighted by Gasteiger charge is -2.55. The Morgan fingerprint density at radius 3 is 2.31 bits per heavy atom. The number of halogens is 2. The summed E-state index contributed by atoms with van der Waals surface area (Å²) in [6.45, 7) is 5.87. The van der Waals surface area contributed by atoms with Crippen molar-refractivity contribution < 1.29 is 4.79 Å². The van der Waals surface area contributed by atoms with Crippen molar-refractivity contribution in [2.75, 3.05) is 23.7 Å². The Hall–Kier alpha value is -2.09. The van der Waals surface area contributed by atoms with Gasteiger partial charge in [0.1, 0.15) is 11.5 Å². The highest BCUT2D eigenvalue weighted by Gasteiger charge is 2.50. The average Bonchev–Trinajstić information content (AvgIpc) is 2.73. The molecule has 1 aromatic carbocycles. The van der Waals surface area contributed by atoms with Crippen molar-refractivity contribution in [1.82, 2.24) is 9.97 Å². The quantitative estimate of drug-likeness (QED) is 0.607. The molecule has 0 radical (unpaired) electrons.